The van der Waals surface area contributed by atoms with Gasteiger partial charge in [0.2, 0.25) is 0 Å². The van der Waals surface area contributed by atoms with E-state index >= 15 is 0 Å². The maximum absolute atomic E-state index is 12.1. The fourth-order valence-corrected chi connectivity index (χ4v) is 4.86. The van der Waals surface area contributed by atoms with E-state index in [9.17, 15) is 15.0 Å². The molecule has 0 saturated carbocycles. The quantitative estimate of drug-likeness (QED) is 0.461. The number of methoxy groups -OCH3 is 2. The molecule has 0 unspecified atom stereocenters. The summed E-state index contributed by atoms with van der Waals surface area (Å²) in [6.45, 7) is 1.77. The Morgan fingerprint density at radius 3 is 2.61 bits per heavy atom. The van der Waals surface area contributed by atoms with Gasteiger partial charge in [-0.25, -0.2) is 0 Å². The summed E-state index contributed by atoms with van der Waals surface area (Å²) in [6, 6.07) is 15.0. The number of likely N-dealkylation sites (tertiary alicyclic amines) is 1. The van der Waals surface area contributed by atoms with Crippen molar-refractivity contribution in [3.05, 3.63) is 65.9 Å². The van der Waals surface area contributed by atoms with Crippen molar-refractivity contribution in [1.29, 1.82) is 0 Å². The van der Waals surface area contributed by atoms with Gasteiger partial charge in [0.15, 0.2) is 0 Å². The molecule has 4 rings (SSSR count). The molecule has 1 aromatic heterocycles. The normalized spacial score (nSPS) is 18.8. The first-order chi connectivity index (χ1) is 17.5. The maximum Gasteiger partial charge on any atom is 0.308 e. The van der Waals surface area contributed by atoms with E-state index < -0.39 is 18.0 Å². The molecule has 1 saturated heterocycles. The number of benzene rings is 2. The summed E-state index contributed by atoms with van der Waals surface area (Å²) in [6.07, 6.45) is 2.88. The molecule has 3 atom stereocenters. The van der Waals surface area contributed by atoms with Gasteiger partial charge in [-0.05, 0) is 85.8 Å². The van der Waals surface area contributed by atoms with Crippen molar-refractivity contribution < 1.29 is 24.5 Å². The van der Waals surface area contributed by atoms with Crippen molar-refractivity contribution >= 4 is 16.9 Å². The highest BCUT2D eigenvalue weighted by molar-refractivity contribution is 5.83. The summed E-state index contributed by atoms with van der Waals surface area (Å²) in [5, 5.41) is 21.7. The van der Waals surface area contributed by atoms with Crippen molar-refractivity contribution in [1.82, 2.24) is 9.88 Å². The van der Waals surface area contributed by atoms with Crippen LogP contribution in [-0.2, 0) is 4.79 Å². The predicted octanol–water partition coefficient (Wildman–Crippen LogP) is 4.14. The number of aliphatic carboxylic acids is 1. The third kappa shape index (κ3) is 6.14. The average molecular weight is 489 g/mol. The number of hydrogen-bond donors (Lipinski definition) is 2. The number of pyridine rings is 1. The fraction of sp³-hybridized carbons (Fsp3) is 0.379. The molecule has 2 N–H and O–H groups in total. The van der Waals surface area contributed by atoms with E-state index in [0.29, 0.717) is 31.7 Å². The van der Waals surface area contributed by atoms with E-state index in [-0.39, 0.29) is 5.92 Å². The van der Waals surface area contributed by atoms with E-state index in [1.807, 2.05) is 48.5 Å². The minimum atomic E-state index is -0.790. The standard InChI is InChI=1S/C29H32N2O5/c1-35-22-8-5-20(6-9-22)4-3-16-31-17-14-21(26(19-31)29(33)34)7-12-28(32)24-13-15-30-27-11-10-23(36-2)18-25(24)27/h5-6,8-11,13,15,18,21,26,28,32H,7,12,14,16-17,19H2,1-2H3,(H,33,34)/t21-,26+,28+/m1/s1. The van der Waals surface area contributed by atoms with Crippen LogP contribution in [0.3, 0.4) is 0 Å². The Bertz CT molecular complexity index is 1250. The number of carbonyl (C=O) groups is 1. The van der Waals surface area contributed by atoms with Gasteiger partial charge in [0, 0.05) is 23.7 Å². The van der Waals surface area contributed by atoms with E-state index in [1.165, 1.54) is 0 Å². The maximum atomic E-state index is 12.1. The number of carboxylic acid groups (broad SMARTS) is 1. The van der Waals surface area contributed by atoms with Crippen molar-refractivity contribution in [2.75, 3.05) is 33.9 Å². The Labute approximate surface area is 211 Å². The zero-order chi connectivity index (χ0) is 25.5. The number of fused-ring (bicyclic) bond motifs is 1. The van der Waals surface area contributed by atoms with Crippen LogP contribution in [-0.4, -0.2) is 59.9 Å². The number of ether oxygens (including phenoxy) is 2. The number of aliphatic hydroxyl groups excluding tert-OH is 1. The smallest absolute Gasteiger partial charge is 0.308 e. The third-order valence-corrected chi connectivity index (χ3v) is 6.93. The molecule has 0 aliphatic carbocycles. The molecular weight excluding hydrogens is 456 g/mol. The SMILES string of the molecule is COc1ccc(C#CCN2CC[C@@H](CC[C@H](O)c3ccnc4ccc(OC)cc34)[C@@H](C(=O)O)C2)cc1. The van der Waals surface area contributed by atoms with Crippen LogP contribution in [0.15, 0.2) is 54.7 Å². The van der Waals surface area contributed by atoms with Crippen LogP contribution in [0.1, 0.15) is 36.5 Å². The monoisotopic (exact) mass is 488 g/mol. The van der Waals surface area contributed by atoms with Gasteiger partial charge < -0.3 is 19.7 Å². The first-order valence-electron chi connectivity index (χ1n) is 12.2. The minimum Gasteiger partial charge on any atom is -0.497 e. The van der Waals surface area contributed by atoms with Crippen molar-refractivity contribution in [2.45, 2.75) is 25.4 Å². The molecule has 2 heterocycles. The summed E-state index contributed by atoms with van der Waals surface area (Å²) in [4.78, 5) is 18.5. The number of piperidine rings is 1. The van der Waals surface area contributed by atoms with Crippen LogP contribution < -0.4 is 9.47 Å². The number of carboxylic acids is 1. The number of hydrogen-bond acceptors (Lipinski definition) is 6. The molecule has 2 aromatic carbocycles. The van der Waals surface area contributed by atoms with Crippen molar-refractivity contribution in [3.8, 4) is 23.3 Å². The van der Waals surface area contributed by atoms with Gasteiger partial charge in [0.05, 0.1) is 38.3 Å². The second-order valence-corrected chi connectivity index (χ2v) is 9.14. The molecule has 188 valence electrons. The Hall–Kier alpha value is -3.60. The average Bonchev–Trinajstić information content (AvgIpc) is 2.91. The van der Waals surface area contributed by atoms with Gasteiger partial charge in [0.1, 0.15) is 11.5 Å². The van der Waals surface area contributed by atoms with Crippen LogP contribution in [0.4, 0.5) is 0 Å². The van der Waals surface area contributed by atoms with E-state index in [2.05, 4.69) is 21.7 Å². The fourth-order valence-electron chi connectivity index (χ4n) is 4.86. The molecule has 0 amide bonds. The van der Waals surface area contributed by atoms with E-state index in [4.69, 9.17) is 9.47 Å². The highest BCUT2D eigenvalue weighted by atomic mass is 16.5. The molecule has 1 fully saturated rings. The summed E-state index contributed by atoms with van der Waals surface area (Å²) < 4.78 is 10.5. The third-order valence-electron chi connectivity index (χ3n) is 6.93. The van der Waals surface area contributed by atoms with Gasteiger partial charge in [0.25, 0.3) is 0 Å². The second-order valence-electron chi connectivity index (χ2n) is 9.14. The number of aromatic nitrogens is 1. The Balaban J connectivity index is 1.36. The molecule has 7 heteroatoms. The van der Waals surface area contributed by atoms with Crippen molar-refractivity contribution in [2.24, 2.45) is 11.8 Å². The molecule has 1 aliphatic rings. The second kappa shape index (κ2) is 11.9. The van der Waals surface area contributed by atoms with E-state index in [0.717, 1.165) is 40.7 Å². The molecule has 3 aromatic rings. The topological polar surface area (TPSA) is 92.1 Å². The zero-order valence-corrected chi connectivity index (χ0v) is 20.7. The van der Waals surface area contributed by atoms with Gasteiger partial charge >= 0.3 is 5.97 Å². The number of rotatable bonds is 8. The van der Waals surface area contributed by atoms with E-state index in [1.54, 1.807) is 20.4 Å². The van der Waals surface area contributed by atoms with Crippen LogP contribution in [0.25, 0.3) is 10.9 Å². The highest BCUT2D eigenvalue weighted by Crippen LogP contribution is 2.33. The molecule has 7 nitrogen and oxygen atoms in total. The van der Waals surface area contributed by atoms with Crippen LogP contribution in [0.2, 0.25) is 0 Å². The molecule has 0 spiro atoms. The lowest BCUT2D eigenvalue weighted by atomic mass is 9.81. The molecule has 1 aliphatic heterocycles. The summed E-state index contributed by atoms with van der Waals surface area (Å²) in [5.74, 6) is 6.53. The largest absolute Gasteiger partial charge is 0.497 e. The van der Waals surface area contributed by atoms with Crippen LogP contribution >= 0.6 is 0 Å². The summed E-state index contributed by atoms with van der Waals surface area (Å²) >= 11 is 0. The Morgan fingerprint density at radius 1 is 1.14 bits per heavy atom. The van der Waals surface area contributed by atoms with Crippen LogP contribution in [0.5, 0.6) is 11.5 Å². The minimum absolute atomic E-state index is 0.00517. The Kier molecular flexibility index (Phi) is 8.42. The summed E-state index contributed by atoms with van der Waals surface area (Å²) in [5.41, 5.74) is 2.48. The first-order valence-corrected chi connectivity index (χ1v) is 12.2. The highest BCUT2D eigenvalue weighted by Gasteiger charge is 2.34. The lowest BCUT2D eigenvalue weighted by Gasteiger charge is -2.36. The lowest BCUT2D eigenvalue weighted by molar-refractivity contribution is -0.146. The molecule has 0 bridgehead atoms. The number of aliphatic hydroxyl groups is 1. The Morgan fingerprint density at radius 2 is 1.89 bits per heavy atom. The zero-order valence-electron chi connectivity index (χ0n) is 20.7. The molecular formula is C29H32N2O5. The summed E-state index contributed by atoms with van der Waals surface area (Å²) in [7, 11) is 3.24. The lowest BCUT2D eigenvalue weighted by Crippen LogP contribution is -2.44. The van der Waals surface area contributed by atoms with Crippen LogP contribution in [0, 0.1) is 23.7 Å². The van der Waals surface area contributed by atoms with Gasteiger partial charge in [-0.1, -0.05) is 11.8 Å². The van der Waals surface area contributed by atoms with Gasteiger partial charge in [-0.3, -0.25) is 14.7 Å². The van der Waals surface area contributed by atoms with Gasteiger partial charge in [-0.15, -0.1) is 0 Å². The first kappa shape index (κ1) is 25.5. The molecule has 0 radical (unpaired) electrons. The number of nitrogens with zero attached hydrogens (tertiary/aromatic N) is 2. The molecule has 36 heavy (non-hydrogen) atoms. The van der Waals surface area contributed by atoms with Crippen molar-refractivity contribution in [3.63, 3.8) is 0 Å². The van der Waals surface area contributed by atoms with Gasteiger partial charge in [-0.2, -0.15) is 0 Å². The predicted molar refractivity (Wildman–Crippen MR) is 138 cm³/mol.